The second-order valence-electron chi connectivity index (χ2n) is 6.93. The number of hydrogen-bond acceptors (Lipinski definition) is 3. The molecule has 0 aromatic carbocycles. The summed E-state index contributed by atoms with van der Waals surface area (Å²) in [5.74, 6) is 1.10. The molecule has 0 radical (unpaired) electrons. The molecule has 2 aromatic heterocycles. The molecule has 1 fully saturated rings. The predicted molar refractivity (Wildman–Crippen MR) is 98.7 cm³/mol. The third-order valence-electron chi connectivity index (χ3n) is 4.60. The molecule has 1 saturated heterocycles. The Kier molecular flexibility index (Phi) is 5.49. The van der Waals surface area contributed by atoms with Gasteiger partial charge in [0.05, 0.1) is 0 Å². The minimum absolute atomic E-state index is 0.282. The zero-order valence-electron chi connectivity index (χ0n) is 14.2. The summed E-state index contributed by atoms with van der Waals surface area (Å²) in [7, 11) is 0. The highest BCUT2D eigenvalue weighted by atomic mass is 79.9. The van der Waals surface area contributed by atoms with E-state index in [1.165, 1.54) is 23.7 Å². The summed E-state index contributed by atoms with van der Waals surface area (Å²) in [6.07, 6.45) is 6.75. The van der Waals surface area contributed by atoms with Crippen molar-refractivity contribution < 1.29 is 4.39 Å². The summed E-state index contributed by atoms with van der Waals surface area (Å²) >= 11 is 3.16. The molecule has 0 saturated carbocycles. The van der Waals surface area contributed by atoms with Gasteiger partial charge < -0.3 is 4.90 Å². The van der Waals surface area contributed by atoms with E-state index in [1.54, 1.807) is 6.07 Å². The Morgan fingerprint density at radius 1 is 1.17 bits per heavy atom. The van der Waals surface area contributed by atoms with Crippen LogP contribution in [-0.2, 0) is 12.8 Å². The fourth-order valence-electron chi connectivity index (χ4n) is 3.64. The number of halogens is 2. The first-order valence-corrected chi connectivity index (χ1v) is 9.31. The lowest BCUT2D eigenvalue weighted by atomic mass is 9.91. The van der Waals surface area contributed by atoms with Gasteiger partial charge in [-0.3, -0.25) is 4.98 Å². The van der Waals surface area contributed by atoms with E-state index in [0.29, 0.717) is 11.8 Å². The van der Waals surface area contributed by atoms with Gasteiger partial charge in [-0.2, -0.15) is 0 Å². The Morgan fingerprint density at radius 3 is 2.62 bits per heavy atom. The van der Waals surface area contributed by atoms with Crippen LogP contribution in [0.4, 0.5) is 10.1 Å². The van der Waals surface area contributed by atoms with E-state index in [4.69, 9.17) is 0 Å². The van der Waals surface area contributed by atoms with Crippen LogP contribution in [0.2, 0.25) is 0 Å². The number of nitrogens with zero attached hydrogens (tertiary/aromatic N) is 3. The Morgan fingerprint density at radius 2 is 1.92 bits per heavy atom. The fourth-order valence-corrected chi connectivity index (χ4v) is 4.00. The monoisotopic (exact) mass is 391 g/mol. The van der Waals surface area contributed by atoms with E-state index in [1.807, 2.05) is 12.4 Å². The maximum atomic E-state index is 13.3. The zero-order chi connectivity index (χ0) is 17.1. The summed E-state index contributed by atoms with van der Waals surface area (Å²) in [4.78, 5) is 11.1. The highest BCUT2D eigenvalue weighted by molar-refractivity contribution is 9.10. The van der Waals surface area contributed by atoms with Crippen LogP contribution in [-0.4, -0.2) is 23.1 Å². The van der Waals surface area contributed by atoms with Crippen LogP contribution in [0.15, 0.2) is 35.2 Å². The number of aryl methyl sites for hydroxylation is 2. The lowest BCUT2D eigenvalue weighted by Crippen LogP contribution is -2.39. The minimum Gasteiger partial charge on any atom is -0.371 e. The van der Waals surface area contributed by atoms with E-state index in [-0.39, 0.29) is 10.4 Å². The van der Waals surface area contributed by atoms with Gasteiger partial charge in [-0.05, 0) is 70.8 Å². The molecule has 0 N–H and O–H groups in total. The van der Waals surface area contributed by atoms with Crippen molar-refractivity contribution in [2.45, 2.75) is 33.1 Å². The van der Waals surface area contributed by atoms with E-state index in [9.17, 15) is 4.39 Å². The molecule has 2 aromatic rings. The number of anilines is 1. The Balaban J connectivity index is 1.75. The van der Waals surface area contributed by atoms with E-state index >= 15 is 0 Å². The average Bonchev–Trinajstić information content (AvgIpc) is 2.55. The quantitative estimate of drug-likeness (QED) is 0.710. The summed E-state index contributed by atoms with van der Waals surface area (Å²) in [5.41, 5.74) is 3.41. The molecule has 3 nitrogen and oxygen atoms in total. The van der Waals surface area contributed by atoms with Gasteiger partial charge in [0.2, 0.25) is 0 Å². The lowest BCUT2D eigenvalue weighted by Gasteiger charge is -2.37. The van der Waals surface area contributed by atoms with E-state index < -0.39 is 0 Å². The van der Waals surface area contributed by atoms with Crippen molar-refractivity contribution >= 4 is 21.6 Å². The molecular weight excluding hydrogens is 369 g/mol. The Bertz CT molecular complexity index is 697. The first-order valence-electron chi connectivity index (χ1n) is 8.51. The second-order valence-corrected chi connectivity index (χ2v) is 7.68. The Labute approximate surface area is 151 Å². The normalized spacial score (nSPS) is 21.1. The molecule has 3 heterocycles. The van der Waals surface area contributed by atoms with Crippen LogP contribution in [0.1, 0.15) is 31.5 Å². The van der Waals surface area contributed by atoms with Crippen LogP contribution >= 0.6 is 15.9 Å². The van der Waals surface area contributed by atoms with Crippen LogP contribution in [0, 0.1) is 17.7 Å². The smallest absolute Gasteiger partial charge is 0.155 e. The third-order valence-corrected chi connectivity index (χ3v) is 5.15. The van der Waals surface area contributed by atoms with Gasteiger partial charge in [0.25, 0.3) is 0 Å². The van der Waals surface area contributed by atoms with Gasteiger partial charge in [-0.25, -0.2) is 9.37 Å². The average molecular weight is 392 g/mol. The number of aromatic nitrogens is 2. The number of rotatable bonds is 4. The standard InChI is InChI=1S/C19H23BrFN3/c1-13-9-14(2)12-24(11-13)18-7-8-22-10-15(18)3-4-16-5-6-17(21)19(20)23-16/h5-8,10,13-14H,3-4,9,11-12H2,1-2H3/t13-,14+. The van der Waals surface area contributed by atoms with Crippen LogP contribution in [0.3, 0.4) is 0 Å². The summed E-state index contributed by atoms with van der Waals surface area (Å²) in [6, 6.07) is 5.33. The summed E-state index contributed by atoms with van der Waals surface area (Å²) in [5, 5.41) is 0. The number of hydrogen-bond donors (Lipinski definition) is 0. The maximum Gasteiger partial charge on any atom is 0.155 e. The van der Waals surface area contributed by atoms with Crippen molar-refractivity contribution in [3.63, 3.8) is 0 Å². The van der Waals surface area contributed by atoms with Gasteiger partial charge in [0.15, 0.2) is 5.82 Å². The van der Waals surface area contributed by atoms with Gasteiger partial charge in [0.1, 0.15) is 4.60 Å². The molecule has 0 amide bonds. The molecular formula is C19H23BrFN3. The lowest BCUT2D eigenvalue weighted by molar-refractivity contribution is 0.356. The molecule has 0 bridgehead atoms. The maximum absolute atomic E-state index is 13.3. The van der Waals surface area contributed by atoms with Crippen molar-refractivity contribution in [2.24, 2.45) is 11.8 Å². The molecule has 2 atom stereocenters. The van der Waals surface area contributed by atoms with Gasteiger partial charge in [0, 0.05) is 36.9 Å². The van der Waals surface area contributed by atoms with Crippen molar-refractivity contribution in [1.29, 1.82) is 0 Å². The van der Waals surface area contributed by atoms with Gasteiger partial charge in [-0.1, -0.05) is 13.8 Å². The second kappa shape index (κ2) is 7.60. The Hall–Kier alpha value is -1.49. The first kappa shape index (κ1) is 17.3. The molecule has 0 aliphatic carbocycles. The van der Waals surface area contributed by atoms with Crippen molar-refractivity contribution in [3.05, 3.63) is 52.3 Å². The highest BCUT2D eigenvalue weighted by Crippen LogP contribution is 2.29. The molecule has 24 heavy (non-hydrogen) atoms. The zero-order valence-corrected chi connectivity index (χ0v) is 15.8. The van der Waals surface area contributed by atoms with Crippen LogP contribution in [0.5, 0.6) is 0 Å². The van der Waals surface area contributed by atoms with Gasteiger partial charge >= 0.3 is 0 Å². The first-order chi connectivity index (χ1) is 11.5. The number of pyridine rings is 2. The number of piperidine rings is 1. The van der Waals surface area contributed by atoms with Crippen molar-refractivity contribution in [2.75, 3.05) is 18.0 Å². The third kappa shape index (κ3) is 4.12. The van der Waals surface area contributed by atoms with Gasteiger partial charge in [-0.15, -0.1) is 0 Å². The SMILES string of the molecule is C[C@@H]1C[C@H](C)CN(c2ccncc2CCc2ccc(F)c(Br)n2)C1. The molecule has 0 spiro atoms. The highest BCUT2D eigenvalue weighted by Gasteiger charge is 2.23. The van der Waals surface area contributed by atoms with E-state index in [2.05, 4.69) is 50.7 Å². The van der Waals surface area contributed by atoms with E-state index in [0.717, 1.165) is 31.6 Å². The van der Waals surface area contributed by atoms with Crippen molar-refractivity contribution in [1.82, 2.24) is 9.97 Å². The molecule has 0 unspecified atom stereocenters. The van der Waals surface area contributed by atoms with Crippen LogP contribution in [0.25, 0.3) is 0 Å². The van der Waals surface area contributed by atoms with Crippen LogP contribution < -0.4 is 4.90 Å². The topological polar surface area (TPSA) is 29.0 Å². The molecule has 3 rings (SSSR count). The molecule has 5 heteroatoms. The largest absolute Gasteiger partial charge is 0.371 e. The molecule has 128 valence electrons. The van der Waals surface area contributed by atoms with Crippen molar-refractivity contribution in [3.8, 4) is 0 Å². The summed E-state index contributed by atoms with van der Waals surface area (Å²) in [6.45, 7) is 6.84. The molecule has 1 aliphatic heterocycles. The molecule has 1 aliphatic rings. The predicted octanol–water partition coefficient (Wildman–Crippen LogP) is 4.65. The minimum atomic E-state index is -0.322. The fraction of sp³-hybridized carbons (Fsp3) is 0.474. The summed E-state index contributed by atoms with van der Waals surface area (Å²) < 4.78 is 13.6.